The molecule has 0 bridgehead atoms. The minimum absolute atomic E-state index is 0.00869. The van der Waals surface area contributed by atoms with Crippen molar-refractivity contribution in [3.8, 4) is 5.75 Å². The Bertz CT molecular complexity index is 946. The fourth-order valence-electron chi connectivity index (χ4n) is 3.45. The van der Waals surface area contributed by atoms with E-state index in [1.165, 1.54) is 18.2 Å². The number of rotatable bonds is 8. The van der Waals surface area contributed by atoms with Crippen LogP contribution in [0.2, 0.25) is 0 Å². The predicted octanol–water partition coefficient (Wildman–Crippen LogP) is 2.80. The molecule has 2 aromatic rings. The van der Waals surface area contributed by atoms with Gasteiger partial charge in [-0.3, -0.25) is 10.1 Å². The van der Waals surface area contributed by atoms with Crippen LogP contribution in [0.4, 0.5) is 30.6 Å². The lowest BCUT2D eigenvalue weighted by Crippen LogP contribution is -2.41. The van der Waals surface area contributed by atoms with Gasteiger partial charge in [-0.25, -0.2) is 4.98 Å². The van der Waals surface area contributed by atoms with Gasteiger partial charge in [-0.1, -0.05) is 18.2 Å². The monoisotopic (exact) mass is 456 g/mol. The van der Waals surface area contributed by atoms with Gasteiger partial charge in [0.1, 0.15) is 11.9 Å². The second kappa shape index (κ2) is 9.96. The van der Waals surface area contributed by atoms with Crippen molar-refractivity contribution in [2.24, 2.45) is 11.7 Å². The van der Waals surface area contributed by atoms with E-state index in [1.54, 1.807) is 6.07 Å². The zero-order valence-corrected chi connectivity index (χ0v) is 16.9. The molecule has 1 aliphatic carbocycles. The van der Waals surface area contributed by atoms with Crippen molar-refractivity contribution in [2.45, 2.75) is 44.3 Å². The van der Waals surface area contributed by atoms with Crippen LogP contribution in [-0.2, 0) is 6.54 Å². The molecule has 0 spiro atoms. The molecule has 0 aliphatic heterocycles. The van der Waals surface area contributed by atoms with Crippen LogP contribution in [-0.4, -0.2) is 45.1 Å². The molecule has 0 amide bonds. The third-order valence-corrected chi connectivity index (χ3v) is 5.14. The summed E-state index contributed by atoms with van der Waals surface area (Å²) in [4.78, 5) is 18.7. The molecule has 0 radical (unpaired) electrons. The maximum Gasteiger partial charge on any atom is 0.573 e. The molecule has 1 aromatic heterocycles. The summed E-state index contributed by atoms with van der Waals surface area (Å²) in [7, 11) is 0. The molecule has 1 aromatic carbocycles. The first-order valence-electron chi connectivity index (χ1n) is 9.89. The van der Waals surface area contributed by atoms with E-state index in [4.69, 9.17) is 5.73 Å². The van der Waals surface area contributed by atoms with Crippen molar-refractivity contribution in [1.82, 2.24) is 9.97 Å². The Morgan fingerprint density at radius 1 is 1.28 bits per heavy atom. The molecule has 10 nitrogen and oxygen atoms in total. The third-order valence-electron chi connectivity index (χ3n) is 5.14. The number of para-hydroxylation sites is 1. The van der Waals surface area contributed by atoms with Crippen molar-refractivity contribution in [1.29, 1.82) is 0 Å². The van der Waals surface area contributed by atoms with Crippen LogP contribution in [0.15, 0.2) is 30.5 Å². The Morgan fingerprint density at radius 2 is 2.03 bits per heavy atom. The summed E-state index contributed by atoms with van der Waals surface area (Å²) in [6.45, 7) is 0.236. The molecule has 1 saturated carbocycles. The second-order valence-electron chi connectivity index (χ2n) is 7.48. The SMILES string of the molecule is N[C@H]1CCC(CNc2nc(NCc3ccccc3OC(F)(F)F)ncc2[N+](=O)[O-])C[C@H]1O. The largest absolute Gasteiger partial charge is 0.573 e. The highest BCUT2D eigenvalue weighted by Gasteiger charge is 2.32. The Balaban J connectivity index is 1.69. The summed E-state index contributed by atoms with van der Waals surface area (Å²) in [6.07, 6.45) is -2.59. The third kappa shape index (κ3) is 6.40. The van der Waals surface area contributed by atoms with Crippen LogP contribution < -0.4 is 21.1 Å². The molecule has 3 atom stereocenters. The highest BCUT2D eigenvalue weighted by molar-refractivity contribution is 5.57. The lowest BCUT2D eigenvalue weighted by molar-refractivity contribution is -0.384. The van der Waals surface area contributed by atoms with E-state index in [-0.39, 0.29) is 47.3 Å². The Labute approximate surface area is 181 Å². The van der Waals surface area contributed by atoms with Gasteiger partial charge in [-0.2, -0.15) is 4.98 Å². The standard InChI is InChI=1S/C19H23F3N6O4/c20-19(21,22)32-16-4-2-1-3-12(16)9-25-18-26-10-14(28(30)31)17(27-18)24-8-11-5-6-13(23)15(29)7-11/h1-4,10-11,13,15,29H,5-9,23H2,(H2,24,25,26,27)/t11?,13-,15+/m0/s1. The van der Waals surface area contributed by atoms with Crippen molar-refractivity contribution < 1.29 is 27.9 Å². The smallest absolute Gasteiger partial charge is 0.405 e. The van der Waals surface area contributed by atoms with E-state index in [1.807, 2.05) is 0 Å². The van der Waals surface area contributed by atoms with Gasteiger partial charge in [0.15, 0.2) is 0 Å². The number of halogens is 3. The van der Waals surface area contributed by atoms with Crippen LogP contribution >= 0.6 is 0 Å². The van der Waals surface area contributed by atoms with Gasteiger partial charge in [0.2, 0.25) is 11.8 Å². The van der Waals surface area contributed by atoms with Gasteiger partial charge in [0.25, 0.3) is 0 Å². The van der Waals surface area contributed by atoms with Crippen molar-refractivity contribution >= 4 is 17.5 Å². The van der Waals surface area contributed by atoms with Crippen LogP contribution in [0, 0.1) is 16.0 Å². The topological polar surface area (TPSA) is 148 Å². The molecular weight excluding hydrogens is 433 g/mol. The molecular formula is C19H23F3N6O4. The van der Waals surface area contributed by atoms with Gasteiger partial charge in [-0.05, 0) is 31.2 Å². The fraction of sp³-hybridized carbons (Fsp3) is 0.474. The van der Waals surface area contributed by atoms with Crippen molar-refractivity contribution in [2.75, 3.05) is 17.2 Å². The molecule has 174 valence electrons. The summed E-state index contributed by atoms with van der Waals surface area (Å²) < 4.78 is 41.7. The maximum absolute atomic E-state index is 12.6. The van der Waals surface area contributed by atoms with Gasteiger partial charge < -0.3 is 26.2 Å². The number of nitrogens with two attached hydrogens (primary N) is 1. The normalized spacial score (nSPS) is 21.1. The van der Waals surface area contributed by atoms with Crippen LogP contribution in [0.3, 0.4) is 0 Å². The quantitative estimate of drug-likeness (QED) is 0.347. The molecule has 1 heterocycles. The minimum atomic E-state index is -4.84. The van der Waals surface area contributed by atoms with Gasteiger partial charge in [-0.15, -0.1) is 13.2 Å². The van der Waals surface area contributed by atoms with Crippen LogP contribution in [0.25, 0.3) is 0 Å². The number of nitro groups is 1. The van der Waals surface area contributed by atoms with Crippen molar-refractivity contribution in [3.05, 3.63) is 46.1 Å². The summed E-state index contributed by atoms with van der Waals surface area (Å²) >= 11 is 0. The van der Waals surface area contributed by atoms with E-state index >= 15 is 0 Å². The molecule has 0 saturated heterocycles. The zero-order valence-electron chi connectivity index (χ0n) is 16.9. The number of nitrogens with one attached hydrogen (secondary N) is 2. The van der Waals surface area contributed by atoms with E-state index < -0.39 is 17.4 Å². The fourth-order valence-corrected chi connectivity index (χ4v) is 3.45. The summed E-state index contributed by atoms with van der Waals surface area (Å²) in [6, 6.07) is 5.30. The number of aliphatic hydroxyl groups excluding tert-OH is 1. The van der Waals surface area contributed by atoms with E-state index in [0.717, 1.165) is 12.6 Å². The molecule has 1 aliphatic rings. The molecule has 13 heteroatoms. The van der Waals surface area contributed by atoms with Gasteiger partial charge >= 0.3 is 12.0 Å². The van der Waals surface area contributed by atoms with Crippen LogP contribution in [0.1, 0.15) is 24.8 Å². The Hall–Kier alpha value is -3.19. The first-order chi connectivity index (χ1) is 15.1. The molecule has 3 rings (SSSR count). The van der Waals surface area contributed by atoms with Gasteiger partial charge in [0.05, 0.1) is 11.0 Å². The summed E-state index contributed by atoms with van der Waals surface area (Å²) in [5.74, 6) is -0.355. The van der Waals surface area contributed by atoms with E-state index in [0.29, 0.717) is 19.4 Å². The maximum atomic E-state index is 12.6. The highest BCUT2D eigenvalue weighted by atomic mass is 19.4. The molecule has 1 fully saturated rings. The van der Waals surface area contributed by atoms with Gasteiger partial charge in [0, 0.05) is 24.7 Å². The number of aromatic nitrogens is 2. The summed E-state index contributed by atoms with van der Waals surface area (Å²) in [5.41, 5.74) is 5.66. The number of hydrogen-bond donors (Lipinski definition) is 4. The number of ether oxygens (including phenoxy) is 1. The van der Waals surface area contributed by atoms with E-state index in [9.17, 15) is 28.4 Å². The lowest BCUT2D eigenvalue weighted by Gasteiger charge is -2.30. The number of alkyl halides is 3. The minimum Gasteiger partial charge on any atom is -0.405 e. The molecule has 5 N–H and O–H groups in total. The van der Waals surface area contributed by atoms with Crippen molar-refractivity contribution in [3.63, 3.8) is 0 Å². The van der Waals surface area contributed by atoms with Crippen LogP contribution in [0.5, 0.6) is 5.75 Å². The number of benzene rings is 1. The number of nitrogens with zero attached hydrogens (tertiary/aromatic N) is 3. The number of hydrogen-bond acceptors (Lipinski definition) is 9. The number of aliphatic hydroxyl groups is 1. The zero-order chi connectivity index (χ0) is 23.3. The highest BCUT2D eigenvalue weighted by Crippen LogP contribution is 2.28. The second-order valence-corrected chi connectivity index (χ2v) is 7.48. The predicted molar refractivity (Wildman–Crippen MR) is 109 cm³/mol. The first-order valence-corrected chi connectivity index (χ1v) is 9.89. The lowest BCUT2D eigenvalue weighted by atomic mass is 9.84. The molecule has 1 unspecified atom stereocenters. The molecule has 32 heavy (non-hydrogen) atoms. The average molecular weight is 456 g/mol. The first kappa shape index (κ1) is 23.5. The summed E-state index contributed by atoms with van der Waals surface area (Å²) in [5, 5.41) is 26.9. The number of anilines is 2. The van der Waals surface area contributed by atoms with E-state index in [2.05, 4.69) is 25.3 Å². The average Bonchev–Trinajstić information content (AvgIpc) is 2.72. The Morgan fingerprint density at radius 3 is 2.72 bits per heavy atom. The Kier molecular flexibility index (Phi) is 7.30.